The largest absolute Gasteiger partial charge is 0.394 e. The van der Waals surface area contributed by atoms with Crippen LogP contribution in [0.4, 0.5) is 0 Å². The van der Waals surface area contributed by atoms with Crippen molar-refractivity contribution in [1.29, 1.82) is 0 Å². The molecule has 3 heterocycles. The van der Waals surface area contributed by atoms with E-state index in [1.807, 2.05) is 13.8 Å². The normalized spacial score (nSPS) is 30.3. The smallest absolute Gasteiger partial charge is 0.327 e. The molecule has 5 N–H and O–H groups in total. The first-order valence-corrected chi connectivity index (χ1v) is 9.73. The van der Waals surface area contributed by atoms with Crippen LogP contribution < -0.4 is 11.2 Å². The number of nitrogens with one attached hydrogen (secondary N) is 2. The Kier molecular flexibility index (Phi) is 5.76. The van der Waals surface area contributed by atoms with E-state index in [1.165, 1.54) is 10.9 Å². The van der Waals surface area contributed by atoms with E-state index in [0.717, 1.165) is 12.8 Å². The lowest BCUT2D eigenvalue weighted by molar-refractivity contribution is -0.151. The van der Waals surface area contributed by atoms with Crippen molar-refractivity contribution in [2.45, 2.75) is 75.9 Å². The van der Waals surface area contributed by atoms with Crippen LogP contribution in [0.2, 0.25) is 0 Å². The predicted molar refractivity (Wildman–Crippen MR) is 101 cm³/mol. The Hall–Kier alpha value is -2.01. The molecule has 1 fully saturated rings. The van der Waals surface area contributed by atoms with Gasteiger partial charge < -0.3 is 20.1 Å². The Morgan fingerprint density at radius 3 is 2.54 bits per heavy atom. The van der Waals surface area contributed by atoms with Crippen molar-refractivity contribution in [3.63, 3.8) is 0 Å². The van der Waals surface area contributed by atoms with Gasteiger partial charge in [-0.15, -0.1) is 0 Å². The summed E-state index contributed by atoms with van der Waals surface area (Å²) < 4.78 is 7.50. The van der Waals surface area contributed by atoms with Gasteiger partial charge in [0.1, 0.15) is 23.5 Å². The van der Waals surface area contributed by atoms with Crippen molar-refractivity contribution >= 4 is 11.2 Å². The van der Waals surface area contributed by atoms with Crippen LogP contribution in [-0.4, -0.2) is 59.3 Å². The molecule has 156 valence electrons. The van der Waals surface area contributed by atoms with E-state index in [-0.39, 0.29) is 17.6 Å². The first-order valence-electron chi connectivity index (χ1n) is 9.73. The third kappa shape index (κ3) is 3.10. The number of aromatic nitrogens is 4. The third-order valence-electron chi connectivity index (χ3n) is 5.64. The standard InChI is InChI=1S/C18H28N4O6/c1-3-5-7-17(27)11(9-23)28-18(15(17)25,8-6-4-2)22-10-19-12-13(22)20-16(26)21-14(12)24/h10-11,15,23,25,27H,3-9H2,1-2H3,(H2,20,21,24,26)/t11-,15-,17-,18?/m1/s1. The minimum absolute atomic E-state index is 0.00387. The summed E-state index contributed by atoms with van der Waals surface area (Å²) in [5.74, 6) is 0. The van der Waals surface area contributed by atoms with E-state index in [9.17, 15) is 24.9 Å². The molecular formula is C18H28N4O6. The third-order valence-corrected chi connectivity index (χ3v) is 5.64. The summed E-state index contributed by atoms with van der Waals surface area (Å²) in [5, 5.41) is 32.4. The van der Waals surface area contributed by atoms with Gasteiger partial charge in [-0.1, -0.05) is 33.1 Å². The highest BCUT2D eigenvalue weighted by molar-refractivity contribution is 5.69. The molecule has 2 aromatic rings. The van der Waals surface area contributed by atoms with Crippen LogP contribution in [0.1, 0.15) is 52.4 Å². The zero-order valence-corrected chi connectivity index (χ0v) is 16.1. The van der Waals surface area contributed by atoms with Gasteiger partial charge >= 0.3 is 5.69 Å². The monoisotopic (exact) mass is 396 g/mol. The Balaban J connectivity index is 2.20. The average molecular weight is 396 g/mol. The van der Waals surface area contributed by atoms with Crippen LogP contribution in [0.3, 0.4) is 0 Å². The molecule has 1 saturated heterocycles. The van der Waals surface area contributed by atoms with Gasteiger partial charge in [0.25, 0.3) is 5.56 Å². The maximum Gasteiger partial charge on any atom is 0.327 e. The molecule has 1 unspecified atom stereocenters. The van der Waals surface area contributed by atoms with Gasteiger partial charge in [-0.2, -0.15) is 0 Å². The first-order chi connectivity index (χ1) is 13.3. The second-order valence-electron chi connectivity index (χ2n) is 7.45. The molecule has 10 heteroatoms. The van der Waals surface area contributed by atoms with Crippen molar-refractivity contribution in [2.24, 2.45) is 0 Å². The number of aliphatic hydroxyl groups excluding tert-OH is 2. The maximum atomic E-state index is 12.1. The molecule has 0 radical (unpaired) electrons. The zero-order valence-electron chi connectivity index (χ0n) is 16.1. The van der Waals surface area contributed by atoms with Crippen molar-refractivity contribution in [3.8, 4) is 0 Å². The molecule has 2 aromatic heterocycles. The number of H-pyrrole nitrogens is 2. The molecule has 1 aliphatic heterocycles. The molecule has 28 heavy (non-hydrogen) atoms. The van der Waals surface area contributed by atoms with Gasteiger partial charge in [0.15, 0.2) is 11.2 Å². The Morgan fingerprint density at radius 2 is 1.89 bits per heavy atom. The number of imidazole rings is 1. The van der Waals surface area contributed by atoms with Crippen LogP contribution in [0.15, 0.2) is 15.9 Å². The number of unbranched alkanes of at least 4 members (excludes halogenated alkanes) is 2. The quantitative estimate of drug-likeness (QED) is 0.418. The fourth-order valence-corrected chi connectivity index (χ4v) is 4.09. The summed E-state index contributed by atoms with van der Waals surface area (Å²) in [6.45, 7) is 3.46. The van der Waals surface area contributed by atoms with E-state index in [2.05, 4.69) is 15.0 Å². The number of aromatic amines is 2. The number of nitrogens with zero attached hydrogens (tertiary/aromatic N) is 2. The van der Waals surface area contributed by atoms with Gasteiger partial charge in [0.2, 0.25) is 0 Å². The second kappa shape index (κ2) is 7.78. The number of hydrogen-bond donors (Lipinski definition) is 5. The van der Waals surface area contributed by atoms with Gasteiger partial charge in [-0.3, -0.25) is 19.3 Å². The summed E-state index contributed by atoms with van der Waals surface area (Å²) >= 11 is 0. The lowest BCUT2D eigenvalue weighted by Crippen LogP contribution is -2.53. The lowest BCUT2D eigenvalue weighted by atomic mass is 9.82. The van der Waals surface area contributed by atoms with Crippen molar-refractivity contribution in [2.75, 3.05) is 6.61 Å². The van der Waals surface area contributed by atoms with E-state index in [4.69, 9.17) is 4.74 Å². The molecule has 10 nitrogen and oxygen atoms in total. The molecular weight excluding hydrogens is 368 g/mol. The Labute approximate surface area is 161 Å². The van der Waals surface area contributed by atoms with Crippen LogP contribution in [-0.2, 0) is 10.5 Å². The van der Waals surface area contributed by atoms with Crippen molar-refractivity contribution < 1.29 is 20.1 Å². The molecule has 4 atom stereocenters. The van der Waals surface area contributed by atoms with Gasteiger partial charge in [0.05, 0.1) is 12.9 Å². The minimum Gasteiger partial charge on any atom is -0.394 e. The number of aliphatic hydroxyl groups is 3. The van der Waals surface area contributed by atoms with Crippen molar-refractivity contribution in [1.82, 2.24) is 19.5 Å². The van der Waals surface area contributed by atoms with Gasteiger partial charge in [0, 0.05) is 0 Å². The highest BCUT2D eigenvalue weighted by atomic mass is 16.6. The Bertz CT molecular complexity index is 936. The summed E-state index contributed by atoms with van der Waals surface area (Å²) in [7, 11) is 0. The van der Waals surface area contributed by atoms with E-state index < -0.39 is 41.4 Å². The van der Waals surface area contributed by atoms with Crippen molar-refractivity contribution in [3.05, 3.63) is 27.2 Å². The molecule has 1 aliphatic rings. The summed E-state index contributed by atoms with van der Waals surface area (Å²) in [5.41, 5.74) is -4.42. The molecule has 0 aromatic carbocycles. The van der Waals surface area contributed by atoms with E-state index in [0.29, 0.717) is 19.3 Å². The predicted octanol–water partition coefficient (Wildman–Crippen LogP) is -0.0708. The molecule has 3 rings (SSSR count). The minimum atomic E-state index is -1.67. The molecule has 0 bridgehead atoms. The van der Waals surface area contributed by atoms with Crippen LogP contribution in [0.25, 0.3) is 11.2 Å². The molecule has 0 spiro atoms. The number of fused-ring (bicyclic) bond motifs is 1. The SMILES string of the molecule is CCCCC1(n2cnc3c(=O)[nH]c(=O)[nH]c32)O[C@H](CO)[C@](O)(CCCC)[C@H]1O. The first kappa shape index (κ1) is 20.7. The van der Waals surface area contributed by atoms with Crippen LogP contribution >= 0.6 is 0 Å². The second-order valence-corrected chi connectivity index (χ2v) is 7.45. The fourth-order valence-electron chi connectivity index (χ4n) is 4.09. The molecule has 0 amide bonds. The summed E-state index contributed by atoms with van der Waals surface area (Å²) in [6, 6.07) is 0. The topological polar surface area (TPSA) is 153 Å². The van der Waals surface area contributed by atoms with Gasteiger partial charge in [-0.05, 0) is 19.3 Å². The van der Waals surface area contributed by atoms with Crippen LogP contribution in [0, 0.1) is 0 Å². The fraction of sp³-hybridized carbons (Fsp3) is 0.722. The lowest BCUT2D eigenvalue weighted by Gasteiger charge is -2.36. The molecule has 0 aliphatic carbocycles. The number of hydrogen-bond acceptors (Lipinski definition) is 7. The average Bonchev–Trinajstić information content (AvgIpc) is 3.18. The number of rotatable bonds is 8. The van der Waals surface area contributed by atoms with E-state index in [1.54, 1.807) is 0 Å². The molecule has 0 saturated carbocycles. The Morgan fingerprint density at radius 1 is 1.21 bits per heavy atom. The zero-order chi connectivity index (χ0) is 20.5. The summed E-state index contributed by atoms with van der Waals surface area (Å²) in [6.07, 6.45) is 2.32. The van der Waals surface area contributed by atoms with Gasteiger partial charge in [-0.25, -0.2) is 9.78 Å². The van der Waals surface area contributed by atoms with E-state index >= 15 is 0 Å². The van der Waals surface area contributed by atoms with Crippen LogP contribution in [0.5, 0.6) is 0 Å². The highest BCUT2D eigenvalue weighted by Crippen LogP contribution is 2.47. The maximum absolute atomic E-state index is 12.1. The summed E-state index contributed by atoms with van der Waals surface area (Å²) in [4.78, 5) is 32.6. The number of ether oxygens (including phenoxy) is 1. The highest BCUT2D eigenvalue weighted by Gasteiger charge is 2.63.